The Bertz CT molecular complexity index is 1350. The monoisotopic (exact) mass is 490 g/mol. The highest BCUT2D eigenvalue weighted by Gasteiger charge is 2.36. The number of amides is 4. The molecule has 4 rings (SSSR count). The highest BCUT2D eigenvalue weighted by molar-refractivity contribution is 6.39. The smallest absolute Gasteiger partial charge is 0.337 e. The first-order valence-corrected chi connectivity index (χ1v) is 10.8. The van der Waals surface area contributed by atoms with Crippen molar-refractivity contribution in [3.05, 3.63) is 100 Å². The van der Waals surface area contributed by atoms with Crippen LogP contribution in [0.3, 0.4) is 0 Å². The van der Waals surface area contributed by atoms with Crippen molar-refractivity contribution in [2.75, 3.05) is 12.0 Å². The van der Waals surface area contributed by atoms with Crippen molar-refractivity contribution < 1.29 is 28.7 Å². The second-order valence-corrected chi connectivity index (χ2v) is 7.86. The lowest BCUT2D eigenvalue weighted by Gasteiger charge is -2.26. The van der Waals surface area contributed by atoms with Crippen molar-refractivity contribution in [1.82, 2.24) is 5.32 Å². The Kier molecular flexibility index (Phi) is 6.93. The molecule has 3 aromatic carbocycles. The van der Waals surface area contributed by atoms with E-state index >= 15 is 0 Å². The molecule has 0 unspecified atom stereocenters. The fourth-order valence-electron chi connectivity index (χ4n) is 3.39. The first kappa shape index (κ1) is 23.7. The van der Waals surface area contributed by atoms with Gasteiger partial charge in [-0.2, -0.15) is 0 Å². The van der Waals surface area contributed by atoms with E-state index in [0.717, 1.165) is 10.5 Å². The molecule has 35 heavy (non-hydrogen) atoms. The number of carbonyl (C=O) groups is 4. The number of rotatable bonds is 6. The van der Waals surface area contributed by atoms with Gasteiger partial charge in [0.25, 0.3) is 11.8 Å². The summed E-state index contributed by atoms with van der Waals surface area (Å²) in [5.41, 5.74) is 1.55. The van der Waals surface area contributed by atoms with Gasteiger partial charge < -0.3 is 9.47 Å². The van der Waals surface area contributed by atoms with Crippen LogP contribution in [0.15, 0.2) is 78.4 Å². The Labute approximate surface area is 205 Å². The van der Waals surface area contributed by atoms with Crippen LogP contribution in [0.4, 0.5) is 10.5 Å². The van der Waals surface area contributed by atoms with E-state index in [4.69, 9.17) is 16.3 Å². The maximum absolute atomic E-state index is 13.1. The number of imide groups is 2. The highest BCUT2D eigenvalue weighted by atomic mass is 35.5. The molecule has 1 fully saturated rings. The van der Waals surface area contributed by atoms with Crippen molar-refractivity contribution >= 4 is 47.2 Å². The summed E-state index contributed by atoms with van der Waals surface area (Å²) in [6, 6.07) is 18.9. The Morgan fingerprint density at radius 3 is 2.46 bits per heavy atom. The number of benzene rings is 3. The van der Waals surface area contributed by atoms with E-state index in [-0.39, 0.29) is 23.4 Å². The molecule has 0 aromatic heterocycles. The summed E-state index contributed by atoms with van der Waals surface area (Å²) in [5, 5.41) is 2.75. The van der Waals surface area contributed by atoms with Gasteiger partial charge in [0.1, 0.15) is 17.9 Å². The average molecular weight is 491 g/mol. The molecule has 1 N–H and O–H groups in total. The Balaban J connectivity index is 1.57. The summed E-state index contributed by atoms with van der Waals surface area (Å²) in [5.74, 6) is -1.66. The third-order valence-corrected chi connectivity index (χ3v) is 5.54. The van der Waals surface area contributed by atoms with Crippen molar-refractivity contribution in [3.63, 3.8) is 0 Å². The number of carbonyl (C=O) groups excluding carboxylic acids is 4. The zero-order chi connectivity index (χ0) is 24.9. The number of esters is 1. The number of anilines is 1. The zero-order valence-electron chi connectivity index (χ0n) is 18.5. The summed E-state index contributed by atoms with van der Waals surface area (Å²) >= 11 is 6.16. The molecule has 0 spiro atoms. The number of methoxy groups -OCH3 is 1. The maximum Gasteiger partial charge on any atom is 0.337 e. The van der Waals surface area contributed by atoms with Gasteiger partial charge in [0.2, 0.25) is 0 Å². The molecule has 0 atom stereocenters. The van der Waals surface area contributed by atoms with Crippen molar-refractivity contribution in [2.45, 2.75) is 6.61 Å². The van der Waals surface area contributed by atoms with Gasteiger partial charge in [-0.05, 0) is 54.1 Å². The van der Waals surface area contributed by atoms with Crippen molar-refractivity contribution in [2.24, 2.45) is 0 Å². The predicted molar refractivity (Wildman–Crippen MR) is 129 cm³/mol. The molecule has 3 aromatic rings. The largest absolute Gasteiger partial charge is 0.489 e. The topological polar surface area (TPSA) is 102 Å². The standard InChI is InChI=1S/C26H19ClN2O6/c1-34-25(32)17-9-11-19(12-10-17)29-24(31)21(23(30)28-26(29)33)14-16-5-4-7-20(13-16)35-15-18-6-2-3-8-22(18)27/h2-14H,15H2,1H3,(H,28,30,33)/b21-14-. The highest BCUT2D eigenvalue weighted by Crippen LogP contribution is 2.24. The van der Waals surface area contributed by atoms with Crippen molar-refractivity contribution in [1.29, 1.82) is 0 Å². The number of nitrogens with one attached hydrogen (secondary N) is 1. The number of hydrogen-bond acceptors (Lipinski definition) is 6. The number of barbiturate groups is 1. The van der Waals surface area contributed by atoms with Gasteiger partial charge in [-0.15, -0.1) is 0 Å². The minimum Gasteiger partial charge on any atom is -0.489 e. The van der Waals surface area contributed by atoms with Crippen LogP contribution in [0.2, 0.25) is 5.02 Å². The molecule has 0 aliphatic carbocycles. The molecular weight excluding hydrogens is 472 g/mol. The molecule has 4 amide bonds. The molecule has 1 aliphatic rings. The van der Waals surface area contributed by atoms with E-state index < -0.39 is 23.8 Å². The number of urea groups is 1. The average Bonchev–Trinajstić information content (AvgIpc) is 2.86. The van der Waals surface area contributed by atoms with Crippen LogP contribution < -0.4 is 15.0 Å². The minimum absolute atomic E-state index is 0.190. The summed E-state index contributed by atoms with van der Waals surface area (Å²) in [7, 11) is 1.25. The van der Waals surface area contributed by atoms with E-state index in [2.05, 4.69) is 10.1 Å². The molecule has 0 bridgehead atoms. The lowest BCUT2D eigenvalue weighted by Crippen LogP contribution is -2.54. The van der Waals surface area contributed by atoms with Crippen LogP contribution in [0.1, 0.15) is 21.5 Å². The molecule has 8 nitrogen and oxygen atoms in total. The predicted octanol–water partition coefficient (Wildman–Crippen LogP) is 4.37. The maximum atomic E-state index is 13.1. The molecule has 0 radical (unpaired) electrons. The fraction of sp³-hybridized carbons (Fsp3) is 0.0769. The molecular formula is C26H19ClN2O6. The lowest BCUT2D eigenvalue weighted by atomic mass is 10.1. The number of nitrogens with zero attached hydrogens (tertiary/aromatic N) is 1. The van der Waals surface area contributed by atoms with Gasteiger partial charge in [-0.3, -0.25) is 14.9 Å². The molecule has 0 saturated carbocycles. The fourth-order valence-corrected chi connectivity index (χ4v) is 3.58. The van der Waals surface area contributed by atoms with Gasteiger partial charge in [0.15, 0.2) is 0 Å². The number of ether oxygens (including phenoxy) is 2. The molecule has 176 valence electrons. The summed E-state index contributed by atoms with van der Waals surface area (Å²) < 4.78 is 10.5. The number of halogens is 1. The van der Waals surface area contributed by atoms with Gasteiger partial charge in [0.05, 0.1) is 18.4 Å². The molecule has 9 heteroatoms. The quantitative estimate of drug-likeness (QED) is 0.313. The van der Waals surface area contributed by atoms with Crippen LogP contribution in [0.5, 0.6) is 5.75 Å². The summed E-state index contributed by atoms with van der Waals surface area (Å²) in [6.45, 7) is 0.239. The second kappa shape index (κ2) is 10.2. The third kappa shape index (κ3) is 5.23. The van der Waals surface area contributed by atoms with Gasteiger partial charge in [-0.25, -0.2) is 14.5 Å². The molecule has 1 heterocycles. The van der Waals surface area contributed by atoms with Crippen LogP contribution >= 0.6 is 11.6 Å². The summed E-state index contributed by atoms with van der Waals surface area (Å²) in [4.78, 5) is 50.4. The van der Waals surface area contributed by atoms with E-state index in [1.807, 2.05) is 18.2 Å². The van der Waals surface area contributed by atoms with Gasteiger partial charge in [-0.1, -0.05) is 41.9 Å². The molecule has 1 aliphatic heterocycles. The van der Waals surface area contributed by atoms with Crippen molar-refractivity contribution in [3.8, 4) is 5.75 Å². The second-order valence-electron chi connectivity index (χ2n) is 7.45. The first-order chi connectivity index (χ1) is 16.9. The van der Waals surface area contributed by atoms with Gasteiger partial charge in [0, 0.05) is 10.6 Å². The number of hydrogen-bond donors (Lipinski definition) is 1. The van der Waals surface area contributed by atoms with Crippen LogP contribution in [-0.4, -0.2) is 30.9 Å². The zero-order valence-corrected chi connectivity index (χ0v) is 19.2. The SMILES string of the molecule is COC(=O)c1ccc(N2C(=O)NC(=O)/C(=C/c3cccc(OCc4ccccc4Cl)c3)C2=O)cc1. The van der Waals surface area contributed by atoms with Crippen LogP contribution in [0, 0.1) is 0 Å². The van der Waals surface area contributed by atoms with E-state index in [9.17, 15) is 19.2 Å². The van der Waals surface area contributed by atoms with E-state index in [0.29, 0.717) is 16.3 Å². The minimum atomic E-state index is -0.889. The van der Waals surface area contributed by atoms with Gasteiger partial charge >= 0.3 is 12.0 Å². The summed E-state index contributed by atoms with van der Waals surface area (Å²) in [6.07, 6.45) is 1.38. The van der Waals surface area contributed by atoms with E-state index in [1.165, 1.54) is 37.5 Å². The Morgan fingerprint density at radius 2 is 1.74 bits per heavy atom. The van der Waals surface area contributed by atoms with Crippen LogP contribution in [-0.2, 0) is 20.9 Å². The third-order valence-electron chi connectivity index (χ3n) is 5.17. The van der Waals surface area contributed by atoms with E-state index in [1.54, 1.807) is 30.3 Å². The first-order valence-electron chi connectivity index (χ1n) is 10.4. The lowest BCUT2D eigenvalue weighted by molar-refractivity contribution is -0.122. The molecule has 1 saturated heterocycles. The normalized spacial score (nSPS) is 14.6. The Morgan fingerprint density at radius 1 is 1.00 bits per heavy atom. The van der Waals surface area contributed by atoms with Crippen LogP contribution in [0.25, 0.3) is 6.08 Å². The Hall–Kier alpha value is -4.43.